The number of rotatable bonds is 4. The van der Waals surface area contributed by atoms with E-state index in [1.165, 1.54) is 9.75 Å². The Morgan fingerprint density at radius 1 is 1.44 bits per heavy atom. The Balaban J connectivity index is 1.99. The van der Waals surface area contributed by atoms with Crippen LogP contribution in [0.2, 0.25) is 0 Å². The van der Waals surface area contributed by atoms with Crippen molar-refractivity contribution < 1.29 is 4.74 Å². The van der Waals surface area contributed by atoms with E-state index in [0.29, 0.717) is 6.10 Å². The predicted octanol–water partition coefficient (Wildman–Crippen LogP) is 3.68. The zero-order valence-electron chi connectivity index (χ0n) is 11.4. The van der Waals surface area contributed by atoms with Gasteiger partial charge in [0, 0.05) is 34.7 Å². The van der Waals surface area contributed by atoms with Crippen molar-refractivity contribution in [2.45, 2.75) is 45.4 Å². The SMILES string of the molecule is CCc1ccc(CN2CC(CBr)OC(C)(C)C2)s1. The first-order valence-corrected chi connectivity index (χ1v) is 8.50. The topological polar surface area (TPSA) is 12.5 Å². The van der Waals surface area contributed by atoms with E-state index >= 15 is 0 Å². The maximum Gasteiger partial charge on any atom is 0.0806 e. The second-order valence-electron chi connectivity index (χ2n) is 5.55. The van der Waals surface area contributed by atoms with Crippen LogP contribution in [0.15, 0.2) is 12.1 Å². The van der Waals surface area contributed by atoms with Crippen LogP contribution in [0.4, 0.5) is 0 Å². The second-order valence-corrected chi connectivity index (χ2v) is 7.45. The van der Waals surface area contributed by atoms with Crippen LogP contribution in [0.25, 0.3) is 0 Å². The number of nitrogens with zero attached hydrogens (tertiary/aromatic N) is 1. The van der Waals surface area contributed by atoms with Crippen molar-refractivity contribution in [3.8, 4) is 0 Å². The van der Waals surface area contributed by atoms with Gasteiger partial charge in [-0.3, -0.25) is 4.90 Å². The molecule has 0 spiro atoms. The molecule has 1 unspecified atom stereocenters. The molecule has 2 heterocycles. The predicted molar refractivity (Wildman–Crippen MR) is 81.7 cm³/mol. The van der Waals surface area contributed by atoms with Gasteiger partial charge in [0.25, 0.3) is 0 Å². The van der Waals surface area contributed by atoms with Gasteiger partial charge in [-0.15, -0.1) is 11.3 Å². The van der Waals surface area contributed by atoms with Crippen LogP contribution in [0, 0.1) is 0 Å². The molecule has 2 rings (SSSR count). The third kappa shape index (κ3) is 3.80. The minimum Gasteiger partial charge on any atom is -0.369 e. The van der Waals surface area contributed by atoms with Crippen molar-refractivity contribution in [1.82, 2.24) is 4.90 Å². The molecule has 0 saturated carbocycles. The quantitative estimate of drug-likeness (QED) is 0.780. The molecule has 0 aliphatic carbocycles. The van der Waals surface area contributed by atoms with Gasteiger partial charge in [-0.05, 0) is 32.4 Å². The van der Waals surface area contributed by atoms with Crippen molar-refractivity contribution in [2.24, 2.45) is 0 Å². The first kappa shape index (κ1) is 14.5. The number of hydrogen-bond donors (Lipinski definition) is 0. The van der Waals surface area contributed by atoms with Crippen molar-refractivity contribution in [2.75, 3.05) is 18.4 Å². The van der Waals surface area contributed by atoms with Gasteiger partial charge >= 0.3 is 0 Å². The molecule has 1 aromatic rings. The number of alkyl halides is 1. The zero-order chi connectivity index (χ0) is 13.2. The lowest BCUT2D eigenvalue weighted by molar-refractivity contribution is -0.128. The molecule has 1 aliphatic rings. The van der Waals surface area contributed by atoms with Crippen molar-refractivity contribution >= 4 is 27.3 Å². The van der Waals surface area contributed by atoms with Crippen molar-refractivity contribution in [1.29, 1.82) is 0 Å². The summed E-state index contributed by atoms with van der Waals surface area (Å²) in [6.07, 6.45) is 1.45. The van der Waals surface area contributed by atoms with Gasteiger partial charge < -0.3 is 4.74 Å². The van der Waals surface area contributed by atoms with Crippen LogP contribution >= 0.6 is 27.3 Å². The van der Waals surface area contributed by atoms with E-state index in [-0.39, 0.29) is 5.60 Å². The molecule has 4 heteroatoms. The van der Waals surface area contributed by atoms with Crippen LogP contribution in [0.3, 0.4) is 0 Å². The maximum atomic E-state index is 6.03. The molecule has 0 N–H and O–H groups in total. The average Bonchev–Trinajstić information content (AvgIpc) is 2.74. The summed E-state index contributed by atoms with van der Waals surface area (Å²) >= 11 is 5.48. The lowest BCUT2D eigenvalue weighted by atomic mass is 10.1. The fraction of sp³-hybridized carbons (Fsp3) is 0.714. The molecular formula is C14H22BrNOS. The van der Waals surface area contributed by atoms with E-state index in [4.69, 9.17) is 4.74 Å². The number of halogens is 1. The highest BCUT2D eigenvalue weighted by molar-refractivity contribution is 9.09. The Bertz CT molecular complexity index is 391. The van der Waals surface area contributed by atoms with Gasteiger partial charge in [0.1, 0.15) is 0 Å². The van der Waals surface area contributed by atoms with E-state index in [2.05, 4.69) is 53.7 Å². The van der Waals surface area contributed by atoms with Crippen LogP contribution in [-0.2, 0) is 17.7 Å². The van der Waals surface area contributed by atoms with Crippen LogP contribution in [0.5, 0.6) is 0 Å². The molecule has 2 nitrogen and oxygen atoms in total. The Hall–Kier alpha value is 0.1000. The molecule has 0 aromatic carbocycles. The van der Waals surface area contributed by atoms with Gasteiger partial charge in [0.05, 0.1) is 11.7 Å². The molecule has 0 bridgehead atoms. The van der Waals surface area contributed by atoms with Gasteiger partial charge in [-0.2, -0.15) is 0 Å². The summed E-state index contributed by atoms with van der Waals surface area (Å²) in [7, 11) is 0. The number of aryl methyl sites for hydroxylation is 1. The summed E-state index contributed by atoms with van der Waals surface area (Å²) in [5, 5.41) is 0.914. The summed E-state index contributed by atoms with van der Waals surface area (Å²) < 4.78 is 6.03. The van der Waals surface area contributed by atoms with Gasteiger partial charge in [-0.25, -0.2) is 0 Å². The zero-order valence-corrected chi connectivity index (χ0v) is 13.8. The minimum atomic E-state index is -0.0401. The van der Waals surface area contributed by atoms with E-state index in [0.717, 1.165) is 31.4 Å². The van der Waals surface area contributed by atoms with E-state index in [1.807, 2.05) is 11.3 Å². The molecule has 18 heavy (non-hydrogen) atoms. The minimum absolute atomic E-state index is 0.0401. The van der Waals surface area contributed by atoms with Crippen molar-refractivity contribution in [3.05, 3.63) is 21.9 Å². The van der Waals surface area contributed by atoms with E-state index in [9.17, 15) is 0 Å². The fourth-order valence-electron chi connectivity index (χ4n) is 2.54. The lowest BCUT2D eigenvalue weighted by Gasteiger charge is -2.42. The maximum absolute atomic E-state index is 6.03. The Kier molecular flexibility index (Phi) is 4.86. The van der Waals surface area contributed by atoms with Crippen LogP contribution in [0.1, 0.15) is 30.5 Å². The van der Waals surface area contributed by atoms with Crippen LogP contribution < -0.4 is 0 Å². The number of hydrogen-bond acceptors (Lipinski definition) is 3. The molecule has 1 aliphatic heterocycles. The lowest BCUT2D eigenvalue weighted by Crippen LogP contribution is -2.52. The summed E-state index contributed by atoms with van der Waals surface area (Å²) in [5.41, 5.74) is -0.0401. The third-order valence-corrected chi connectivity index (χ3v) is 5.11. The monoisotopic (exact) mass is 331 g/mol. The summed E-state index contributed by atoms with van der Waals surface area (Å²) in [4.78, 5) is 5.47. The number of morpholine rings is 1. The molecule has 1 fully saturated rings. The summed E-state index contributed by atoms with van der Waals surface area (Å²) in [5.74, 6) is 0. The molecule has 102 valence electrons. The van der Waals surface area contributed by atoms with Gasteiger partial charge in [0.2, 0.25) is 0 Å². The smallest absolute Gasteiger partial charge is 0.0806 e. The summed E-state index contributed by atoms with van der Waals surface area (Å²) in [6, 6.07) is 4.53. The second kappa shape index (κ2) is 6.04. The Labute approximate surface area is 122 Å². The third-order valence-electron chi connectivity index (χ3n) is 3.17. The summed E-state index contributed by atoms with van der Waals surface area (Å²) in [6.45, 7) is 9.67. The van der Waals surface area contributed by atoms with E-state index < -0.39 is 0 Å². The van der Waals surface area contributed by atoms with E-state index in [1.54, 1.807) is 0 Å². The molecule has 0 amide bonds. The first-order valence-electron chi connectivity index (χ1n) is 6.56. The fourth-order valence-corrected chi connectivity index (χ4v) is 3.87. The highest BCUT2D eigenvalue weighted by Gasteiger charge is 2.32. The van der Waals surface area contributed by atoms with Gasteiger partial charge in [0.15, 0.2) is 0 Å². The Morgan fingerprint density at radius 2 is 2.17 bits per heavy atom. The van der Waals surface area contributed by atoms with Gasteiger partial charge in [-0.1, -0.05) is 22.9 Å². The molecule has 0 radical (unpaired) electrons. The highest BCUT2D eigenvalue weighted by Crippen LogP contribution is 2.25. The van der Waals surface area contributed by atoms with Crippen LogP contribution in [-0.4, -0.2) is 35.0 Å². The standard InChI is InChI=1S/C14H22BrNOS/c1-4-12-5-6-13(18-12)9-16-8-11(7-15)17-14(2,3)10-16/h5-6,11H,4,7-10H2,1-3H3. The van der Waals surface area contributed by atoms with Crippen molar-refractivity contribution in [3.63, 3.8) is 0 Å². The molecule has 1 aromatic heterocycles. The first-order chi connectivity index (χ1) is 8.52. The normalized spacial score (nSPS) is 24.3. The average molecular weight is 332 g/mol. The molecule has 1 atom stereocenters. The number of thiophene rings is 1. The Morgan fingerprint density at radius 3 is 2.78 bits per heavy atom. The highest BCUT2D eigenvalue weighted by atomic mass is 79.9. The molecular weight excluding hydrogens is 310 g/mol. The number of ether oxygens (including phenoxy) is 1. The molecule has 1 saturated heterocycles. The largest absolute Gasteiger partial charge is 0.369 e.